The van der Waals surface area contributed by atoms with Gasteiger partial charge in [-0.1, -0.05) is 41.4 Å². The van der Waals surface area contributed by atoms with Crippen LogP contribution >= 0.6 is 35.6 Å². The van der Waals surface area contributed by atoms with Crippen molar-refractivity contribution in [1.82, 2.24) is 9.88 Å². The average Bonchev–Trinajstić information content (AvgIpc) is 2.78. The fourth-order valence-corrected chi connectivity index (χ4v) is 4.18. The zero-order valence-electron chi connectivity index (χ0n) is 14.3. The van der Waals surface area contributed by atoms with Crippen molar-refractivity contribution in [1.29, 1.82) is 0 Å². The predicted molar refractivity (Wildman–Crippen MR) is 111 cm³/mol. The number of hydrogen-bond donors (Lipinski definition) is 1. The summed E-state index contributed by atoms with van der Waals surface area (Å²) < 4.78 is 8.21. The number of nitrogens with one attached hydrogen (secondary N) is 1. The third kappa shape index (κ3) is 3.67. The number of halogens is 3. The van der Waals surface area contributed by atoms with E-state index in [4.69, 9.17) is 27.9 Å². The molecule has 0 amide bonds. The Bertz CT molecular complexity index is 893. The van der Waals surface area contributed by atoms with Crippen molar-refractivity contribution < 1.29 is 4.74 Å². The van der Waals surface area contributed by atoms with Crippen molar-refractivity contribution in [3.05, 3.63) is 63.8 Å². The second-order valence-corrected chi connectivity index (χ2v) is 7.06. The molecule has 3 aromatic rings. The molecule has 6 heteroatoms. The maximum absolute atomic E-state index is 6.55. The highest BCUT2D eigenvalue weighted by Crippen LogP contribution is 2.37. The summed E-state index contributed by atoms with van der Waals surface area (Å²) in [6.07, 6.45) is 1.94. The normalized spacial score (nSPS) is 13.8. The van der Waals surface area contributed by atoms with E-state index < -0.39 is 0 Å². The van der Waals surface area contributed by atoms with Crippen LogP contribution in [0.3, 0.4) is 0 Å². The number of nitrogens with zero attached hydrogens (tertiary/aromatic N) is 1. The molecule has 1 aromatic heterocycles. The molecule has 2 aromatic carbocycles. The van der Waals surface area contributed by atoms with Gasteiger partial charge in [0.25, 0.3) is 0 Å². The van der Waals surface area contributed by atoms with E-state index in [1.165, 1.54) is 11.3 Å². The van der Waals surface area contributed by atoms with Gasteiger partial charge in [0.1, 0.15) is 12.4 Å². The van der Waals surface area contributed by atoms with Crippen LogP contribution in [0.25, 0.3) is 10.9 Å². The molecule has 0 bridgehead atoms. The summed E-state index contributed by atoms with van der Waals surface area (Å²) in [6.45, 7) is 3.28. The monoisotopic (exact) mass is 410 g/mol. The maximum atomic E-state index is 6.55. The lowest BCUT2D eigenvalue weighted by atomic mass is 10.1. The summed E-state index contributed by atoms with van der Waals surface area (Å²) >= 11 is 13.1. The van der Waals surface area contributed by atoms with Gasteiger partial charge in [-0.15, -0.1) is 12.4 Å². The zero-order chi connectivity index (χ0) is 17.2. The van der Waals surface area contributed by atoms with Crippen LogP contribution in [0.15, 0.2) is 42.5 Å². The molecule has 0 radical (unpaired) electrons. The number of aromatic nitrogens is 1. The van der Waals surface area contributed by atoms with Gasteiger partial charge in [-0.3, -0.25) is 0 Å². The number of fused-ring (bicyclic) bond motifs is 3. The minimum atomic E-state index is 0. The molecule has 1 aliphatic rings. The summed E-state index contributed by atoms with van der Waals surface area (Å²) in [7, 11) is 0. The van der Waals surface area contributed by atoms with E-state index in [-0.39, 0.29) is 12.4 Å². The third-order valence-electron chi connectivity index (χ3n) is 4.74. The molecular formula is C20H21Cl3N2O. The summed E-state index contributed by atoms with van der Waals surface area (Å²) in [5.41, 5.74) is 3.69. The summed E-state index contributed by atoms with van der Waals surface area (Å²) in [6, 6.07) is 13.7. The Kier molecular flexibility index (Phi) is 6.36. The fourth-order valence-electron chi connectivity index (χ4n) is 3.65. The Morgan fingerprint density at radius 3 is 2.50 bits per heavy atom. The standard InChI is InChI=1S/C20H20Cl2N2O.ClH/c21-16-6-7-17(22)20-19(16)15-8-10-23-11-9-18(15)24(20)12-13-25-14-4-2-1-3-5-14;/h1-7,23H,8-13H2;1H. The highest BCUT2D eigenvalue weighted by molar-refractivity contribution is 6.40. The fraction of sp³-hybridized carbons (Fsp3) is 0.300. The highest BCUT2D eigenvalue weighted by Gasteiger charge is 2.22. The van der Waals surface area contributed by atoms with Crippen LogP contribution in [-0.4, -0.2) is 24.3 Å². The van der Waals surface area contributed by atoms with Crippen LogP contribution in [0, 0.1) is 0 Å². The van der Waals surface area contributed by atoms with Crippen molar-refractivity contribution in [2.45, 2.75) is 19.4 Å². The largest absolute Gasteiger partial charge is 0.492 e. The molecule has 0 fully saturated rings. The first-order chi connectivity index (χ1) is 12.3. The molecule has 0 aliphatic carbocycles. The molecule has 2 heterocycles. The van der Waals surface area contributed by atoms with Gasteiger partial charge in [-0.05, 0) is 42.8 Å². The Hall–Kier alpha value is -1.39. The second kappa shape index (κ2) is 8.53. The molecule has 0 saturated carbocycles. The SMILES string of the molecule is Cl.Clc1ccc(Cl)c2c1c1c(n2CCOc2ccccc2)CCNCC1. The first-order valence-electron chi connectivity index (χ1n) is 8.62. The molecule has 0 unspecified atom stereocenters. The average molecular weight is 412 g/mol. The third-order valence-corrected chi connectivity index (χ3v) is 5.36. The van der Waals surface area contributed by atoms with Gasteiger partial charge >= 0.3 is 0 Å². The number of hydrogen-bond acceptors (Lipinski definition) is 2. The maximum Gasteiger partial charge on any atom is 0.119 e. The van der Waals surface area contributed by atoms with E-state index >= 15 is 0 Å². The first kappa shape index (κ1) is 19.4. The quantitative estimate of drug-likeness (QED) is 0.643. The van der Waals surface area contributed by atoms with Gasteiger partial charge in [0.15, 0.2) is 0 Å². The molecule has 138 valence electrons. The molecule has 0 spiro atoms. The molecular weight excluding hydrogens is 391 g/mol. The lowest BCUT2D eigenvalue weighted by Gasteiger charge is -2.13. The molecule has 1 N–H and O–H groups in total. The number of rotatable bonds is 4. The minimum Gasteiger partial charge on any atom is -0.492 e. The van der Waals surface area contributed by atoms with Crippen LogP contribution in [0.4, 0.5) is 0 Å². The van der Waals surface area contributed by atoms with E-state index in [1.54, 1.807) is 0 Å². The molecule has 4 rings (SSSR count). The summed E-state index contributed by atoms with van der Waals surface area (Å²) in [5, 5.41) is 6.10. The summed E-state index contributed by atoms with van der Waals surface area (Å²) in [4.78, 5) is 0. The van der Waals surface area contributed by atoms with Crippen molar-refractivity contribution in [3.63, 3.8) is 0 Å². The predicted octanol–water partition coefficient (Wildman–Crippen LogP) is 5.14. The van der Waals surface area contributed by atoms with Gasteiger partial charge in [-0.25, -0.2) is 0 Å². The van der Waals surface area contributed by atoms with Gasteiger partial charge in [0.2, 0.25) is 0 Å². The first-order valence-corrected chi connectivity index (χ1v) is 9.38. The Morgan fingerprint density at radius 2 is 1.69 bits per heavy atom. The zero-order valence-corrected chi connectivity index (χ0v) is 16.6. The highest BCUT2D eigenvalue weighted by atomic mass is 35.5. The van der Waals surface area contributed by atoms with E-state index in [9.17, 15) is 0 Å². The number of ether oxygens (including phenoxy) is 1. The molecule has 0 atom stereocenters. The number of benzene rings is 2. The van der Waals surface area contributed by atoms with Gasteiger partial charge in [0.05, 0.1) is 22.1 Å². The second-order valence-electron chi connectivity index (χ2n) is 6.24. The van der Waals surface area contributed by atoms with Crippen LogP contribution < -0.4 is 10.1 Å². The topological polar surface area (TPSA) is 26.2 Å². The van der Waals surface area contributed by atoms with E-state index in [0.29, 0.717) is 6.61 Å². The van der Waals surface area contributed by atoms with E-state index in [1.807, 2.05) is 42.5 Å². The lowest BCUT2D eigenvalue weighted by Crippen LogP contribution is -2.18. The molecule has 26 heavy (non-hydrogen) atoms. The Balaban J connectivity index is 0.00000196. The minimum absolute atomic E-state index is 0. The van der Waals surface area contributed by atoms with Crippen molar-refractivity contribution in [2.75, 3.05) is 19.7 Å². The van der Waals surface area contributed by atoms with Crippen LogP contribution in [0.1, 0.15) is 11.3 Å². The van der Waals surface area contributed by atoms with E-state index in [2.05, 4.69) is 9.88 Å². The Morgan fingerprint density at radius 1 is 0.962 bits per heavy atom. The van der Waals surface area contributed by atoms with Crippen molar-refractivity contribution >= 4 is 46.5 Å². The van der Waals surface area contributed by atoms with E-state index in [0.717, 1.165) is 59.2 Å². The summed E-state index contributed by atoms with van der Waals surface area (Å²) in [5.74, 6) is 0.885. The molecule has 0 saturated heterocycles. The van der Waals surface area contributed by atoms with Crippen LogP contribution in [0.5, 0.6) is 5.75 Å². The van der Waals surface area contributed by atoms with Crippen molar-refractivity contribution in [2.24, 2.45) is 0 Å². The van der Waals surface area contributed by atoms with Crippen LogP contribution in [0.2, 0.25) is 10.0 Å². The lowest BCUT2D eigenvalue weighted by molar-refractivity contribution is 0.299. The van der Waals surface area contributed by atoms with Gasteiger partial charge in [0, 0.05) is 24.0 Å². The molecule has 3 nitrogen and oxygen atoms in total. The van der Waals surface area contributed by atoms with Crippen LogP contribution in [-0.2, 0) is 19.4 Å². The Labute approximate surface area is 169 Å². The van der Waals surface area contributed by atoms with Gasteiger partial charge in [-0.2, -0.15) is 0 Å². The van der Waals surface area contributed by atoms with Gasteiger partial charge < -0.3 is 14.6 Å². The number of para-hydroxylation sites is 1. The molecule has 1 aliphatic heterocycles. The van der Waals surface area contributed by atoms with Crippen molar-refractivity contribution in [3.8, 4) is 5.75 Å². The smallest absolute Gasteiger partial charge is 0.119 e.